The molecule has 0 bridgehead atoms. The number of carbonyl (C=O) groups excluding carboxylic acids is 2. The first-order chi connectivity index (χ1) is 11.6. The summed E-state index contributed by atoms with van der Waals surface area (Å²) in [5.41, 5.74) is 0.999. The first kappa shape index (κ1) is 16.6. The van der Waals surface area contributed by atoms with Crippen LogP contribution in [0.2, 0.25) is 0 Å². The largest absolute Gasteiger partial charge is 0.457 e. The molecule has 0 unspecified atom stereocenters. The molecule has 1 saturated carbocycles. The van der Waals surface area contributed by atoms with Crippen LogP contribution in [0.15, 0.2) is 39.8 Å². The lowest BCUT2D eigenvalue weighted by atomic mass is 10.1. The van der Waals surface area contributed by atoms with Crippen molar-refractivity contribution in [2.45, 2.75) is 30.6 Å². The molecule has 1 fully saturated rings. The Morgan fingerprint density at radius 2 is 2.04 bits per heavy atom. The number of ketones is 1. The highest BCUT2D eigenvalue weighted by Crippen LogP contribution is 2.46. The van der Waals surface area contributed by atoms with E-state index in [1.807, 2.05) is 42.3 Å². The van der Waals surface area contributed by atoms with Gasteiger partial charge in [0, 0.05) is 11.9 Å². The number of thioether (sulfide) groups is 1. The number of benzene rings is 1. The molecule has 24 heavy (non-hydrogen) atoms. The van der Waals surface area contributed by atoms with Crippen molar-refractivity contribution < 1.29 is 14.3 Å². The number of hydrogen-bond donors (Lipinski definition) is 0. The minimum Gasteiger partial charge on any atom is -0.457 e. The predicted molar refractivity (Wildman–Crippen MR) is 91.3 cm³/mol. The number of anilines is 1. The molecule has 0 amide bonds. The molecule has 0 radical (unpaired) electrons. The van der Waals surface area contributed by atoms with Crippen LogP contribution in [0.1, 0.15) is 25.7 Å². The highest BCUT2D eigenvalue weighted by Gasteiger charge is 2.29. The van der Waals surface area contributed by atoms with Crippen LogP contribution < -0.4 is 4.90 Å². The van der Waals surface area contributed by atoms with Crippen molar-refractivity contribution >= 4 is 29.2 Å². The molecule has 1 aliphatic carbocycles. The quantitative estimate of drug-likeness (QED) is 0.475. The maximum atomic E-state index is 12.4. The van der Waals surface area contributed by atoms with Crippen LogP contribution in [0, 0.1) is 17.2 Å². The Labute approximate surface area is 145 Å². The molecule has 0 aromatic heterocycles. The smallest absolute Gasteiger partial charge is 0.309 e. The third-order valence-corrected chi connectivity index (χ3v) is 5.61. The summed E-state index contributed by atoms with van der Waals surface area (Å²) in [6.07, 6.45) is 3.71. The van der Waals surface area contributed by atoms with Gasteiger partial charge in [-0.15, -0.1) is 0 Å². The fourth-order valence-corrected chi connectivity index (χ4v) is 4.20. The van der Waals surface area contributed by atoms with E-state index in [1.54, 1.807) is 0 Å². The van der Waals surface area contributed by atoms with Gasteiger partial charge in [0.15, 0.2) is 6.61 Å². The molecule has 0 N–H and O–H groups in total. The molecule has 3 rings (SSSR count). The summed E-state index contributed by atoms with van der Waals surface area (Å²) in [4.78, 5) is 27.1. The van der Waals surface area contributed by atoms with Crippen molar-refractivity contribution in [1.29, 1.82) is 5.26 Å². The standard InChI is InChI=1S/C18H18N2O3S/c1-20-14-8-4-5-9-16(14)24-17(20)13(10-19)15(21)11-23-18(22)12-6-2-3-7-12/h4-5,8-9,12H,2-3,6-7,11H2,1H3/b17-13-. The van der Waals surface area contributed by atoms with Gasteiger partial charge in [-0.05, 0) is 25.0 Å². The molecule has 1 aliphatic heterocycles. The van der Waals surface area contributed by atoms with Crippen LogP contribution in [0.3, 0.4) is 0 Å². The van der Waals surface area contributed by atoms with Gasteiger partial charge in [0.25, 0.3) is 0 Å². The van der Waals surface area contributed by atoms with Crippen molar-refractivity contribution in [2.24, 2.45) is 5.92 Å². The van der Waals surface area contributed by atoms with E-state index < -0.39 is 5.78 Å². The lowest BCUT2D eigenvalue weighted by Crippen LogP contribution is -2.22. The number of carbonyl (C=O) groups is 2. The minimum atomic E-state index is -0.453. The Bertz CT molecular complexity index is 745. The van der Waals surface area contributed by atoms with E-state index in [-0.39, 0.29) is 24.1 Å². The molecule has 1 aromatic carbocycles. The molecule has 0 saturated heterocycles. The number of nitrogens with zero attached hydrogens (tertiary/aromatic N) is 2. The van der Waals surface area contributed by atoms with Gasteiger partial charge >= 0.3 is 5.97 Å². The van der Waals surface area contributed by atoms with Crippen molar-refractivity contribution in [2.75, 3.05) is 18.6 Å². The van der Waals surface area contributed by atoms with Gasteiger partial charge in [0.2, 0.25) is 5.78 Å². The summed E-state index contributed by atoms with van der Waals surface area (Å²) in [5, 5.41) is 10.0. The number of Topliss-reactive ketones (excluding diaryl/α,β-unsaturated/α-hetero) is 1. The maximum absolute atomic E-state index is 12.4. The lowest BCUT2D eigenvalue weighted by Gasteiger charge is -2.15. The van der Waals surface area contributed by atoms with Gasteiger partial charge in [0.1, 0.15) is 16.7 Å². The van der Waals surface area contributed by atoms with E-state index in [0.717, 1.165) is 36.3 Å². The number of esters is 1. The van der Waals surface area contributed by atoms with Gasteiger partial charge in [0.05, 0.1) is 11.6 Å². The number of hydrogen-bond acceptors (Lipinski definition) is 6. The van der Waals surface area contributed by atoms with Gasteiger partial charge in [-0.2, -0.15) is 5.26 Å². The maximum Gasteiger partial charge on any atom is 0.309 e. The van der Waals surface area contributed by atoms with Gasteiger partial charge in [-0.3, -0.25) is 9.59 Å². The zero-order valence-electron chi connectivity index (χ0n) is 13.4. The normalized spacial score (nSPS) is 18.9. The SMILES string of the molecule is CN1/C(=C(\C#N)C(=O)COC(=O)C2CCCC2)Sc2ccccc21. The first-order valence-electron chi connectivity index (χ1n) is 7.96. The van der Waals surface area contributed by atoms with E-state index in [4.69, 9.17) is 4.74 Å². The van der Waals surface area contributed by atoms with Crippen LogP contribution in [0.4, 0.5) is 5.69 Å². The fraction of sp³-hybridized carbons (Fsp3) is 0.389. The topological polar surface area (TPSA) is 70.4 Å². The molecule has 124 valence electrons. The third kappa shape index (κ3) is 3.17. The minimum absolute atomic E-state index is 0.0397. The highest BCUT2D eigenvalue weighted by atomic mass is 32.2. The molecule has 5 nitrogen and oxygen atoms in total. The van der Waals surface area contributed by atoms with Crippen molar-refractivity contribution in [3.63, 3.8) is 0 Å². The zero-order chi connectivity index (χ0) is 17.1. The predicted octanol–water partition coefficient (Wildman–Crippen LogP) is 3.27. The van der Waals surface area contributed by atoms with Gasteiger partial charge in [-0.1, -0.05) is 36.7 Å². The first-order valence-corrected chi connectivity index (χ1v) is 8.78. The third-order valence-electron chi connectivity index (χ3n) is 4.38. The Morgan fingerprint density at radius 1 is 1.33 bits per heavy atom. The van der Waals surface area contributed by atoms with Crippen molar-refractivity contribution in [1.82, 2.24) is 0 Å². The van der Waals surface area contributed by atoms with E-state index in [2.05, 4.69) is 0 Å². The molecule has 1 aromatic rings. The molecule has 0 atom stereocenters. The zero-order valence-corrected chi connectivity index (χ0v) is 14.3. The lowest BCUT2D eigenvalue weighted by molar-refractivity contribution is -0.151. The van der Waals surface area contributed by atoms with E-state index in [0.29, 0.717) is 5.03 Å². The molecule has 6 heteroatoms. The Kier molecular flexibility index (Phi) is 4.91. The Balaban J connectivity index is 1.71. The summed E-state index contributed by atoms with van der Waals surface area (Å²) in [6, 6.07) is 9.69. The number of nitriles is 1. The van der Waals surface area contributed by atoms with Crippen molar-refractivity contribution in [3.8, 4) is 6.07 Å². The van der Waals surface area contributed by atoms with E-state index >= 15 is 0 Å². The average Bonchev–Trinajstić information content (AvgIpc) is 3.23. The summed E-state index contributed by atoms with van der Waals surface area (Å²) >= 11 is 1.39. The number of fused-ring (bicyclic) bond motifs is 1. The molecular formula is C18H18N2O3S. The van der Waals surface area contributed by atoms with Gasteiger partial charge in [-0.25, -0.2) is 0 Å². The highest BCUT2D eigenvalue weighted by molar-refractivity contribution is 8.03. The number of para-hydroxylation sites is 1. The molecular weight excluding hydrogens is 324 g/mol. The van der Waals surface area contributed by atoms with Crippen LogP contribution in [-0.2, 0) is 14.3 Å². The van der Waals surface area contributed by atoms with Crippen LogP contribution in [-0.4, -0.2) is 25.4 Å². The van der Waals surface area contributed by atoms with E-state index in [9.17, 15) is 14.9 Å². The van der Waals surface area contributed by atoms with Crippen LogP contribution >= 0.6 is 11.8 Å². The van der Waals surface area contributed by atoms with Crippen LogP contribution in [0.25, 0.3) is 0 Å². The summed E-state index contributed by atoms with van der Waals surface area (Å²) < 4.78 is 5.14. The summed E-state index contributed by atoms with van der Waals surface area (Å²) in [5.74, 6) is -0.867. The van der Waals surface area contributed by atoms with Gasteiger partial charge < -0.3 is 9.64 Å². The fourth-order valence-electron chi connectivity index (χ4n) is 3.04. The van der Waals surface area contributed by atoms with Crippen LogP contribution in [0.5, 0.6) is 0 Å². The second kappa shape index (κ2) is 7.10. The Morgan fingerprint density at radius 3 is 2.71 bits per heavy atom. The molecule has 0 spiro atoms. The Hall–Kier alpha value is -2.26. The van der Waals surface area contributed by atoms with Crippen molar-refractivity contribution in [3.05, 3.63) is 34.9 Å². The number of ether oxygens (including phenoxy) is 1. The second-order valence-corrected chi connectivity index (χ2v) is 6.96. The number of rotatable bonds is 4. The summed E-state index contributed by atoms with van der Waals surface area (Å²) in [6.45, 7) is -0.369. The monoisotopic (exact) mass is 342 g/mol. The van der Waals surface area contributed by atoms with E-state index in [1.165, 1.54) is 11.8 Å². The molecule has 1 heterocycles. The summed E-state index contributed by atoms with van der Waals surface area (Å²) in [7, 11) is 1.82. The second-order valence-electron chi connectivity index (χ2n) is 5.93. The molecule has 2 aliphatic rings. The average molecular weight is 342 g/mol.